The number of carbonyl (C=O) groups excluding carboxylic acids is 2. The van der Waals surface area contributed by atoms with E-state index in [1.165, 1.54) is 0 Å². The number of hydrogen-bond acceptors (Lipinski definition) is 5. The number of nitrogens with zero attached hydrogens (tertiary/aromatic N) is 1. The Hall–Kier alpha value is -3.13. The van der Waals surface area contributed by atoms with Crippen molar-refractivity contribution in [2.75, 3.05) is 26.3 Å². The summed E-state index contributed by atoms with van der Waals surface area (Å²) in [5.41, 5.74) is 1.83. The van der Waals surface area contributed by atoms with Gasteiger partial charge in [-0.2, -0.15) is 0 Å². The normalized spacial score (nSPS) is 18.7. The number of likely N-dealkylation sites (tertiary alicyclic amines) is 1. The average Bonchev–Trinajstić information content (AvgIpc) is 3.11. The third-order valence-corrected chi connectivity index (χ3v) is 6.51. The molecule has 2 aliphatic rings. The Morgan fingerprint density at radius 2 is 1.82 bits per heavy atom. The van der Waals surface area contributed by atoms with Crippen molar-refractivity contribution in [3.05, 3.63) is 53.2 Å². The zero-order valence-corrected chi connectivity index (χ0v) is 20.5. The van der Waals surface area contributed by atoms with E-state index >= 15 is 0 Å². The summed E-state index contributed by atoms with van der Waals surface area (Å²) < 4.78 is 11.5. The highest BCUT2D eigenvalue weighted by Crippen LogP contribution is 2.39. The van der Waals surface area contributed by atoms with E-state index < -0.39 is 12.0 Å². The van der Waals surface area contributed by atoms with Crippen molar-refractivity contribution in [1.82, 2.24) is 15.5 Å². The minimum absolute atomic E-state index is 0.0212. The first-order chi connectivity index (χ1) is 16.5. The molecule has 7 nitrogen and oxygen atoms in total. The van der Waals surface area contributed by atoms with Gasteiger partial charge >= 0.3 is 5.97 Å². The van der Waals surface area contributed by atoms with E-state index in [9.17, 15) is 9.59 Å². The summed E-state index contributed by atoms with van der Waals surface area (Å²) in [5, 5.41) is 8.59. The van der Waals surface area contributed by atoms with E-state index in [1.54, 1.807) is 13.8 Å². The maximum absolute atomic E-state index is 12.9. The Morgan fingerprint density at radius 3 is 2.56 bits per heavy atom. The lowest BCUT2D eigenvalue weighted by Crippen LogP contribution is -2.45. The van der Waals surface area contributed by atoms with E-state index in [0.29, 0.717) is 22.1 Å². The van der Waals surface area contributed by atoms with Gasteiger partial charge in [0.05, 0.1) is 18.2 Å². The first kappa shape index (κ1) is 24.0. The summed E-state index contributed by atoms with van der Waals surface area (Å²) in [4.78, 5) is 27.7. The van der Waals surface area contributed by atoms with Crippen LogP contribution in [0.25, 0.3) is 10.8 Å². The SMILES string of the molecule is CCOC(=O)C1=C(C)NC(=S)NC1c1c(OCC(=O)N2CCCCCC2)ccc2ccccc12. The fourth-order valence-electron chi connectivity index (χ4n) is 4.64. The van der Waals surface area contributed by atoms with Crippen LogP contribution in [0.3, 0.4) is 0 Å². The number of nitrogens with one attached hydrogen (secondary N) is 2. The van der Waals surface area contributed by atoms with Crippen LogP contribution in [0, 0.1) is 0 Å². The third kappa shape index (κ3) is 5.17. The highest BCUT2D eigenvalue weighted by Gasteiger charge is 2.34. The molecule has 1 amide bonds. The smallest absolute Gasteiger partial charge is 0.338 e. The van der Waals surface area contributed by atoms with Crippen LogP contribution in [0.2, 0.25) is 0 Å². The van der Waals surface area contributed by atoms with Gasteiger partial charge in [0.15, 0.2) is 11.7 Å². The van der Waals surface area contributed by atoms with Crippen molar-refractivity contribution in [3.8, 4) is 5.75 Å². The van der Waals surface area contributed by atoms with Gasteiger partial charge in [0.2, 0.25) is 0 Å². The lowest BCUT2D eigenvalue weighted by atomic mass is 9.90. The van der Waals surface area contributed by atoms with E-state index in [-0.39, 0.29) is 19.1 Å². The number of allylic oxidation sites excluding steroid dienone is 1. The van der Waals surface area contributed by atoms with Crippen molar-refractivity contribution in [2.45, 2.75) is 45.6 Å². The van der Waals surface area contributed by atoms with Gasteiger partial charge < -0.3 is 25.0 Å². The molecule has 180 valence electrons. The predicted molar refractivity (Wildman–Crippen MR) is 135 cm³/mol. The van der Waals surface area contributed by atoms with Crippen molar-refractivity contribution >= 4 is 40.0 Å². The number of amides is 1. The van der Waals surface area contributed by atoms with E-state index in [0.717, 1.165) is 55.1 Å². The minimum atomic E-state index is -0.581. The van der Waals surface area contributed by atoms with Gasteiger partial charge in [-0.25, -0.2) is 4.79 Å². The summed E-state index contributed by atoms with van der Waals surface area (Å²) in [5.74, 6) is 0.0952. The fourth-order valence-corrected chi connectivity index (χ4v) is 4.91. The molecule has 0 bridgehead atoms. The van der Waals surface area contributed by atoms with Crippen LogP contribution < -0.4 is 15.4 Å². The van der Waals surface area contributed by atoms with Crippen LogP contribution in [0.1, 0.15) is 51.1 Å². The Morgan fingerprint density at radius 1 is 1.09 bits per heavy atom. The van der Waals surface area contributed by atoms with Crippen LogP contribution in [0.5, 0.6) is 5.75 Å². The quantitative estimate of drug-likeness (QED) is 0.477. The molecule has 2 heterocycles. The van der Waals surface area contributed by atoms with Crippen molar-refractivity contribution in [1.29, 1.82) is 0 Å². The summed E-state index contributed by atoms with van der Waals surface area (Å²) in [6.45, 7) is 5.32. The lowest BCUT2D eigenvalue weighted by Gasteiger charge is -2.31. The molecule has 0 aromatic heterocycles. The summed E-state index contributed by atoms with van der Waals surface area (Å²) in [7, 11) is 0. The van der Waals surface area contributed by atoms with Crippen LogP contribution in [0.4, 0.5) is 0 Å². The van der Waals surface area contributed by atoms with Crippen LogP contribution in [-0.4, -0.2) is 48.2 Å². The highest BCUT2D eigenvalue weighted by atomic mass is 32.1. The molecule has 1 atom stereocenters. The van der Waals surface area contributed by atoms with Crippen molar-refractivity contribution < 1.29 is 19.1 Å². The van der Waals surface area contributed by atoms with E-state index in [4.69, 9.17) is 21.7 Å². The van der Waals surface area contributed by atoms with E-state index in [1.807, 2.05) is 41.3 Å². The van der Waals surface area contributed by atoms with Crippen molar-refractivity contribution in [2.24, 2.45) is 0 Å². The minimum Gasteiger partial charge on any atom is -0.483 e. The second kappa shape index (κ2) is 10.9. The molecule has 0 saturated carbocycles. The number of esters is 1. The molecule has 1 unspecified atom stereocenters. The molecule has 8 heteroatoms. The molecular weight excluding hydrogens is 450 g/mol. The molecule has 0 aliphatic carbocycles. The Labute approximate surface area is 205 Å². The van der Waals surface area contributed by atoms with Gasteiger partial charge in [-0.05, 0) is 55.7 Å². The fraction of sp³-hybridized carbons (Fsp3) is 0.423. The molecule has 1 saturated heterocycles. The largest absolute Gasteiger partial charge is 0.483 e. The number of carbonyl (C=O) groups is 2. The number of fused-ring (bicyclic) bond motifs is 1. The molecule has 0 radical (unpaired) electrons. The van der Waals surface area contributed by atoms with Gasteiger partial charge in [-0.3, -0.25) is 4.79 Å². The van der Waals surface area contributed by atoms with Gasteiger partial charge in [-0.1, -0.05) is 43.2 Å². The molecule has 4 rings (SSSR count). The number of thiocarbonyl (C=S) groups is 1. The zero-order valence-electron chi connectivity index (χ0n) is 19.7. The number of rotatable bonds is 6. The van der Waals surface area contributed by atoms with Gasteiger partial charge in [0, 0.05) is 24.4 Å². The Bertz CT molecular complexity index is 1120. The molecule has 2 aliphatic heterocycles. The molecule has 2 N–H and O–H groups in total. The van der Waals surface area contributed by atoms with Gasteiger partial charge in [0.1, 0.15) is 5.75 Å². The average molecular weight is 482 g/mol. The highest BCUT2D eigenvalue weighted by molar-refractivity contribution is 7.80. The predicted octanol–water partition coefficient (Wildman–Crippen LogP) is 3.98. The number of benzene rings is 2. The molecule has 0 spiro atoms. The number of hydrogen-bond donors (Lipinski definition) is 2. The first-order valence-electron chi connectivity index (χ1n) is 11.9. The zero-order chi connectivity index (χ0) is 24.1. The Balaban J connectivity index is 1.72. The molecule has 1 fully saturated rings. The summed E-state index contributed by atoms with van der Waals surface area (Å²) >= 11 is 5.42. The third-order valence-electron chi connectivity index (χ3n) is 6.29. The maximum Gasteiger partial charge on any atom is 0.338 e. The maximum atomic E-state index is 12.9. The second-order valence-corrected chi connectivity index (χ2v) is 8.98. The lowest BCUT2D eigenvalue weighted by molar-refractivity contribution is -0.139. The second-order valence-electron chi connectivity index (χ2n) is 8.57. The molecular formula is C26H31N3O4S. The van der Waals surface area contributed by atoms with Crippen LogP contribution in [0.15, 0.2) is 47.7 Å². The number of ether oxygens (including phenoxy) is 2. The molecule has 2 aromatic carbocycles. The summed E-state index contributed by atoms with van der Waals surface area (Å²) in [6.07, 6.45) is 4.36. The van der Waals surface area contributed by atoms with Gasteiger partial charge in [0.25, 0.3) is 5.91 Å². The van der Waals surface area contributed by atoms with E-state index in [2.05, 4.69) is 10.6 Å². The topological polar surface area (TPSA) is 79.9 Å². The molecule has 34 heavy (non-hydrogen) atoms. The summed E-state index contributed by atoms with van der Waals surface area (Å²) in [6, 6.07) is 11.1. The van der Waals surface area contributed by atoms with Crippen LogP contribution >= 0.6 is 12.2 Å². The Kier molecular flexibility index (Phi) is 7.67. The van der Waals surface area contributed by atoms with Gasteiger partial charge in [-0.15, -0.1) is 0 Å². The standard InChI is InChI=1S/C26H31N3O4S/c1-3-32-25(31)22-17(2)27-26(34)28-24(22)23-19-11-7-6-10-18(19)12-13-20(23)33-16-21(30)29-14-8-4-5-9-15-29/h6-7,10-13,24H,3-5,8-9,14-16H2,1-2H3,(H2,27,28,34). The monoisotopic (exact) mass is 481 g/mol. The van der Waals surface area contributed by atoms with Crippen LogP contribution in [-0.2, 0) is 14.3 Å². The molecule has 2 aromatic rings. The van der Waals surface area contributed by atoms with Crippen molar-refractivity contribution in [3.63, 3.8) is 0 Å². The first-order valence-corrected chi connectivity index (χ1v) is 12.3.